The lowest BCUT2D eigenvalue weighted by molar-refractivity contribution is -0.134. The molecule has 0 saturated heterocycles. The van der Waals surface area contributed by atoms with Crippen molar-refractivity contribution in [3.05, 3.63) is 88.9 Å². The first kappa shape index (κ1) is 24.0. The van der Waals surface area contributed by atoms with Crippen LogP contribution in [0.4, 0.5) is 0 Å². The summed E-state index contributed by atoms with van der Waals surface area (Å²) in [6, 6.07) is 23.1. The van der Waals surface area contributed by atoms with E-state index in [-0.39, 0.29) is 0 Å². The Kier molecular flexibility index (Phi) is 8.23. The first-order valence-corrected chi connectivity index (χ1v) is 10.9. The maximum absolute atomic E-state index is 9.55. The molecule has 0 fully saturated rings. The average Bonchev–Trinajstić information content (AvgIpc) is 3.11. The van der Waals surface area contributed by atoms with Crippen molar-refractivity contribution in [3.8, 4) is 5.75 Å². The topological polar surface area (TPSA) is 115 Å². The van der Waals surface area contributed by atoms with Gasteiger partial charge in [-0.3, -0.25) is 0 Å². The normalized spacial score (nSPS) is 10.8. The van der Waals surface area contributed by atoms with Crippen LogP contribution in [0.3, 0.4) is 0 Å². The van der Waals surface area contributed by atoms with Gasteiger partial charge < -0.3 is 25.3 Å². The summed E-state index contributed by atoms with van der Waals surface area (Å²) in [7, 11) is 0. The Morgan fingerprint density at radius 3 is 2.27 bits per heavy atom. The van der Waals surface area contributed by atoms with E-state index in [1.54, 1.807) is 0 Å². The molecular formula is C25H23BrN2O5. The first-order chi connectivity index (χ1) is 15.9. The average molecular weight is 511 g/mol. The van der Waals surface area contributed by atoms with Gasteiger partial charge in [0.15, 0.2) is 0 Å². The SMILES string of the molecule is NCCOc1cccc2c1c1ccccc1n2Cc1cccc(Br)c1.O=C(O)/C=C/C(=O)O. The molecule has 7 nitrogen and oxygen atoms in total. The second-order valence-corrected chi connectivity index (χ2v) is 7.95. The molecule has 170 valence electrons. The predicted octanol–water partition coefficient (Wildman–Crippen LogP) is 4.65. The van der Waals surface area contributed by atoms with E-state index in [1.165, 1.54) is 22.0 Å². The van der Waals surface area contributed by atoms with Crippen molar-refractivity contribution in [2.24, 2.45) is 5.73 Å². The standard InChI is InChI=1S/C21H19BrN2O.C4H4O4/c22-16-6-3-5-15(13-16)14-24-18-8-2-1-7-17(18)21-19(24)9-4-10-20(21)25-12-11-23;5-3(6)1-2-4(7)8/h1-10,13H,11-12,14,23H2;1-2H,(H,5,6)(H,7,8)/b;2-1+. The Morgan fingerprint density at radius 1 is 0.939 bits per heavy atom. The van der Waals surface area contributed by atoms with Crippen LogP contribution in [0.2, 0.25) is 0 Å². The van der Waals surface area contributed by atoms with Gasteiger partial charge in [-0.05, 0) is 35.9 Å². The van der Waals surface area contributed by atoms with Gasteiger partial charge in [0, 0.05) is 46.0 Å². The molecule has 0 aliphatic rings. The molecule has 0 unspecified atom stereocenters. The molecular weight excluding hydrogens is 488 g/mol. The summed E-state index contributed by atoms with van der Waals surface area (Å²) < 4.78 is 9.36. The van der Waals surface area contributed by atoms with Crippen molar-refractivity contribution >= 4 is 49.7 Å². The summed E-state index contributed by atoms with van der Waals surface area (Å²) in [5, 5.41) is 18.0. The van der Waals surface area contributed by atoms with Gasteiger partial charge >= 0.3 is 11.9 Å². The Labute approximate surface area is 198 Å². The first-order valence-electron chi connectivity index (χ1n) is 10.1. The summed E-state index contributed by atoms with van der Waals surface area (Å²) in [5.41, 5.74) is 9.26. The van der Waals surface area contributed by atoms with E-state index in [0.717, 1.165) is 22.2 Å². The summed E-state index contributed by atoms with van der Waals surface area (Å²) in [6.07, 6.45) is 1.12. The molecule has 1 heterocycles. The lowest BCUT2D eigenvalue weighted by atomic mass is 10.1. The van der Waals surface area contributed by atoms with Crippen molar-refractivity contribution < 1.29 is 24.5 Å². The Hall–Kier alpha value is -3.62. The summed E-state index contributed by atoms with van der Waals surface area (Å²) in [4.78, 5) is 19.1. The molecule has 0 radical (unpaired) electrons. The van der Waals surface area contributed by atoms with E-state index in [9.17, 15) is 9.59 Å². The molecule has 0 saturated carbocycles. The van der Waals surface area contributed by atoms with Crippen LogP contribution in [-0.2, 0) is 16.1 Å². The summed E-state index contributed by atoms with van der Waals surface area (Å²) >= 11 is 3.56. The number of hydrogen-bond acceptors (Lipinski definition) is 4. The zero-order chi connectivity index (χ0) is 23.8. The van der Waals surface area contributed by atoms with Gasteiger partial charge in [0.1, 0.15) is 12.4 Å². The number of ether oxygens (including phenoxy) is 1. The molecule has 0 amide bonds. The maximum atomic E-state index is 9.55. The van der Waals surface area contributed by atoms with Crippen molar-refractivity contribution in [3.63, 3.8) is 0 Å². The maximum Gasteiger partial charge on any atom is 0.328 e. The summed E-state index contributed by atoms with van der Waals surface area (Å²) in [5.74, 6) is -1.62. The number of aromatic nitrogens is 1. The van der Waals surface area contributed by atoms with Crippen LogP contribution in [0.1, 0.15) is 5.56 Å². The zero-order valence-corrected chi connectivity index (χ0v) is 19.2. The largest absolute Gasteiger partial charge is 0.492 e. The van der Waals surface area contributed by atoms with Crippen LogP contribution >= 0.6 is 15.9 Å². The highest BCUT2D eigenvalue weighted by atomic mass is 79.9. The third-order valence-corrected chi connectivity index (χ3v) is 5.23. The number of fused-ring (bicyclic) bond motifs is 3. The smallest absolute Gasteiger partial charge is 0.328 e. The number of para-hydroxylation sites is 1. The van der Waals surface area contributed by atoms with Crippen LogP contribution in [0, 0.1) is 0 Å². The van der Waals surface area contributed by atoms with Gasteiger partial charge in [0.2, 0.25) is 0 Å². The molecule has 0 aliphatic heterocycles. The van der Waals surface area contributed by atoms with Crippen molar-refractivity contribution in [1.29, 1.82) is 0 Å². The van der Waals surface area contributed by atoms with Crippen LogP contribution in [-0.4, -0.2) is 39.9 Å². The minimum absolute atomic E-state index is 0.507. The Balaban J connectivity index is 0.000000331. The highest BCUT2D eigenvalue weighted by molar-refractivity contribution is 9.10. The predicted molar refractivity (Wildman–Crippen MR) is 132 cm³/mol. The second kappa shape index (κ2) is 11.3. The molecule has 4 aromatic rings. The van der Waals surface area contributed by atoms with E-state index in [4.69, 9.17) is 20.7 Å². The number of carboxylic acids is 2. The highest BCUT2D eigenvalue weighted by Crippen LogP contribution is 2.36. The highest BCUT2D eigenvalue weighted by Gasteiger charge is 2.14. The molecule has 0 aliphatic carbocycles. The van der Waals surface area contributed by atoms with Crippen LogP contribution < -0.4 is 10.5 Å². The number of rotatable bonds is 7. The van der Waals surface area contributed by atoms with E-state index in [1.807, 2.05) is 18.2 Å². The third-order valence-electron chi connectivity index (χ3n) is 4.73. The number of halogens is 1. The lowest BCUT2D eigenvalue weighted by Gasteiger charge is -2.09. The Morgan fingerprint density at radius 2 is 1.61 bits per heavy atom. The number of carboxylic acid groups (broad SMARTS) is 2. The fourth-order valence-electron chi connectivity index (χ4n) is 3.49. The van der Waals surface area contributed by atoms with Gasteiger partial charge in [-0.1, -0.05) is 52.3 Å². The van der Waals surface area contributed by atoms with E-state index in [0.29, 0.717) is 25.3 Å². The molecule has 1 aromatic heterocycles. The van der Waals surface area contributed by atoms with E-state index in [2.05, 4.69) is 69.0 Å². The number of aliphatic carboxylic acids is 2. The molecule has 0 bridgehead atoms. The molecule has 0 spiro atoms. The van der Waals surface area contributed by atoms with Crippen molar-refractivity contribution in [2.75, 3.05) is 13.2 Å². The molecule has 0 atom stereocenters. The molecule has 4 rings (SSSR count). The monoisotopic (exact) mass is 510 g/mol. The fraction of sp³-hybridized carbons (Fsp3) is 0.120. The van der Waals surface area contributed by atoms with Gasteiger partial charge in [-0.25, -0.2) is 9.59 Å². The zero-order valence-electron chi connectivity index (χ0n) is 17.6. The minimum Gasteiger partial charge on any atom is -0.492 e. The Bertz CT molecular complexity index is 1300. The third kappa shape index (κ3) is 6.21. The van der Waals surface area contributed by atoms with Crippen LogP contribution in [0.5, 0.6) is 5.75 Å². The molecule has 3 aromatic carbocycles. The molecule has 33 heavy (non-hydrogen) atoms. The van der Waals surface area contributed by atoms with Gasteiger partial charge in [0.05, 0.1) is 5.52 Å². The number of nitrogens with two attached hydrogens (primary N) is 1. The van der Waals surface area contributed by atoms with E-state index < -0.39 is 11.9 Å². The van der Waals surface area contributed by atoms with Crippen molar-refractivity contribution in [2.45, 2.75) is 6.54 Å². The number of hydrogen-bond donors (Lipinski definition) is 3. The van der Waals surface area contributed by atoms with Gasteiger partial charge in [-0.15, -0.1) is 0 Å². The van der Waals surface area contributed by atoms with E-state index >= 15 is 0 Å². The quantitative estimate of drug-likeness (QED) is 0.311. The fourth-order valence-corrected chi connectivity index (χ4v) is 3.93. The number of nitrogens with zero attached hydrogens (tertiary/aromatic N) is 1. The minimum atomic E-state index is -1.26. The number of carbonyl (C=O) groups is 2. The molecule has 8 heteroatoms. The lowest BCUT2D eigenvalue weighted by Crippen LogP contribution is -2.10. The van der Waals surface area contributed by atoms with Crippen LogP contribution in [0.25, 0.3) is 21.8 Å². The van der Waals surface area contributed by atoms with Crippen molar-refractivity contribution in [1.82, 2.24) is 4.57 Å². The molecule has 4 N–H and O–H groups in total. The number of benzene rings is 3. The van der Waals surface area contributed by atoms with Gasteiger partial charge in [0.25, 0.3) is 0 Å². The van der Waals surface area contributed by atoms with Gasteiger partial charge in [-0.2, -0.15) is 0 Å². The second-order valence-electron chi connectivity index (χ2n) is 7.03. The summed E-state index contributed by atoms with van der Waals surface area (Å²) in [6.45, 7) is 1.83. The van der Waals surface area contributed by atoms with Crippen LogP contribution in [0.15, 0.2) is 83.4 Å².